The summed E-state index contributed by atoms with van der Waals surface area (Å²) in [5.74, 6) is 0.345. The number of amides is 1. The van der Waals surface area contributed by atoms with Crippen molar-refractivity contribution >= 4 is 67.7 Å². The number of hydrogen-bond donors (Lipinski definition) is 1. The molecule has 0 atom stereocenters. The Labute approximate surface area is 191 Å². The molecule has 0 saturated heterocycles. The third-order valence-corrected chi connectivity index (χ3v) is 5.90. The first-order valence-electron chi connectivity index (χ1n) is 9.23. The molecule has 0 aliphatic carbocycles. The van der Waals surface area contributed by atoms with E-state index in [4.69, 9.17) is 16.0 Å². The van der Waals surface area contributed by atoms with Gasteiger partial charge in [0.25, 0.3) is 5.91 Å². The second-order valence-corrected chi connectivity index (χ2v) is 8.46. The molecule has 1 N–H and O–H groups in total. The van der Waals surface area contributed by atoms with E-state index < -0.39 is 0 Å². The summed E-state index contributed by atoms with van der Waals surface area (Å²) in [5.41, 5.74) is 3.45. The maximum absolute atomic E-state index is 12.5. The highest BCUT2D eigenvalue weighted by atomic mass is 127. The van der Waals surface area contributed by atoms with Gasteiger partial charge in [0.15, 0.2) is 5.58 Å². The molecule has 6 heteroatoms. The Kier molecular flexibility index (Phi) is 4.92. The largest absolute Gasteiger partial charge is 0.436 e. The van der Waals surface area contributed by atoms with Gasteiger partial charge in [0, 0.05) is 30.8 Å². The summed E-state index contributed by atoms with van der Waals surface area (Å²) in [6.07, 6.45) is 0. The minimum Gasteiger partial charge on any atom is -0.436 e. The zero-order valence-electron chi connectivity index (χ0n) is 15.5. The van der Waals surface area contributed by atoms with Crippen molar-refractivity contribution in [2.45, 2.75) is 0 Å². The second kappa shape index (κ2) is 7.74. The molecule has 1 aromatic heterocycles. The third-order valence-electron chi connectivity index (χ3n) is 4.85. The molecular weight excluding hydrogens is 511 g/mol. The van der Waals surface area contributed by atoms with E-state index >= 15 is 0 Å². The normalized spacial score (nSPS) is 11.1. The molecule has 0 aliphatic rings. The predicted molar refractivity (Wildman–Crippen MR) is 129 cm³/mol. The van der Waals surface area contributed by atoms with E-state index in [0.29, 0.717) is 33.3 Å². The fraction of sp³-hybridized carbons (Fsp3) is 0. The van der Waals surface area contributed by atoms with Crippen LogP contribution in [0, 0.1) is 3.57 Å². The van der Waals surface area contributed by atoms with Crippen LogP contribution in [-0.4, -0.2) is 10.9 Å². The average Bonchev–Trinajstić information content (AvgIpc) is 3.17. The number of nitrogens with zero attached hydrogens (tertiary/aromatic N) is 1. The Bertz CT molecular complexity index is 1410. The highest BCUT2D eigenvalue weighted by Crippen LogP contribution is 2.34. The molecule has 0 radical (unpaired) electrons. The van der Waals surface area contributed by atoms with Crippen LogP contribution in [0.15, 0.2) is 83.3 Å². The maximum Gasteiger partial charge on any atom is 0.255 e. The van der Waals surface area contributed by atoms with Crippen LogP contribution >= 0.6 is 34.2 Å². The van der Waals surface area contributed by atoms with Crippen molar-refractivity contribution < 1.29 is 9.21 Å². The van der Waals surface area contributed by atoms with Gasteiger partial charge in [-0.3, -0.25) is 4.79 Å². The number of benzene rings is 4. The van der Waals surface area contributed by atoms with Crippen molar-refractivity contribution in [2.75, 3.05) is 5.32 Å². The van der Waals surface area contributed by atoms with E-state index in [2.05, 4.69) is 32.9 Å². The summed E-state index contributed by atoms with van der Waals surface area (Å²) in [5, 5.41) is 5.53. The fourth-order valence-electron chi connectivity index (χ4n) is 3.38. The summed E-state index contributed by atoms with van der Waals surface area (Å²) in [6, 6.07) is 24.5. The number of carbonyl (C=O) groups excluding carboxylic acids is 1. The molecule has 0 unspecified atom stereocenters. The zero-order chi connectivity index (χ0) is 20.7. The smallest absolute Gasteiger partial charge is 0.255 e. The number of anilines is 1. The van der Waals surface area contributed by atoms with Crippen LogP contribution in [0.5, 0.6) is 0 Å². The molecule has 4 aromatic carbocycles. The first-order chi connectivity index (χ1) is 14.6. The minimum atomic E-state index is -0.168. The van der Waals surface area contributed by atoms with Crippen molar-refractivity contribution in [3.63, 3.8) is 0 Å². The van der Waals surface area contributed by atoms with Gasteiger partial charge in [-0.25, -0.2) is 4.98 Å². The molecule has 0 aliphatic heterocycles. The summed E-state index contributed by atoms with van der Waals surface area (Å²) in [7, 11) is 0. The van der Waals surface area contributed by atoms with Crippen molar-refractivity contribution in [3.05, 3.63) is 93.0 Å². The topological polar surface area (TPSA) is 55.1 Å². The van der Waals surface area contributed by atoms with E-state index in [1.165, 1.54) is 0 Å². The first-order valence-corrected chi connectivity index (χ1v) is 10.7. The number of carbonyl (C=O) groups is 1. The Balaban J connectivity index is 1.50. The van der Waals surface area contributed by atoms with Crippen LogP contribution in [0.4, 0.5) is 5.69 Å². The molecule has 5 rings (SSSR count). The second-order valence-electron chi connectivity index (χ2n) is 6.80. The van der Waals surface area contributed by atoms with Crippen LogP contribution < -0.4 is 5.32 Å². The summed E-state index contributed by atoms with van der Waals surface area (Å²) in [4.78, 5) is 17.1. The van der Waals surface area contributed by atoms with Gasteiger partial charge in [-0.05, 0) is 82.6 Å². The Morgan fingerprint density at radius 3 is 2.53 bits per heavy atom. The van der Waals surface area contributed by atoms with E-state index in [1.54, 1.807) is 12.1 Å². The quantitative estimate of drug-likeness (QED) is 0.255. The summed E-state index contributed by atoms with van der Waals surface area (Å²) < 4.78 is 7.07. The van der Waals surface area contributed by atoms with Gasteiger partial charge in [-0.15, -0.1) is 0 Å². The number of hydrogen-bond acceptors (Lipinski definition) is 3. The van der Waals surface area contributed by atoms with Crippen LogP contribution in [-0.2, 0) is 0 Å². The standard InChI is InChI=1S/C24H14ClIN2O2/c25-20-6-2-3-17-18(20)4-1-5-19(17)24-28-21-13-16(11-12-22(21)30-24)27-23(29)14-7-9-15(26)10-8-14/h1-13H,(H,27,29). The van der Waals surface area contributed by atoms with Crippen molar-refractivity contribution in [3.8, 4) is 11.5 Å². The van der Waals surface area contributed by atoms with E-state index in [1.807, 2.05) is 66.7 Å². The predicted octanol–water partition coefficient (Wildman–Crippen LogP) is 7.16. The molecule has 4 nitrogen and oxygen atoms in total. The lowest BCUT2D eigenvalue weighted by Crippen LogP contribution is -2.11. The Morgan fingerprint density at radius 2 is 1.70 bits per heavy atom. The number of nitrogens with one attached hydrogen (secondary N) is 1. The molecule has 0 bridgehead atoms. The number of fused-ring (bicyclic) bond motifs is 2. The monoisotopic (exact) mass is 524 g/mol. The van der Waals surface area contributed by atoms with E-state index in [9.17, 15) is 4.79 Å². The number of halogens is 2. The molecule has 146 valence electrons. The number of oxazole rings is 1. The van der Waals surface area contributed by atoms with Gasteiger partial charge >= 0.3 is 0 Å². The minimum absolute atomic E-state index is 0.168. The molecular formula is C24H14ClIN2O2. The van der Waals surface area contributed by atoms with E-state index in [0.717, 1.165) is 19.9 Å². The molecule has 1 heterocycles. The van der Waals surface area contributed by atoms with Crippen molar-refractivity contribution in [1.29, 1.82) is 0 Å². The average molecular weight is 525 g/mol. The zero-order valence-corrected chi connectivity index (χ0v) is 18.4. The van der Waals surface area contributed by atoms with Crippen LogP contribution in [0.25, 0.3) is 33.3 Å². The molecule has 0 spiro atoms. The SMILES string of the molecule is O=C(Nc1ccc2oc(-c3cccc4c(Cl)cccc34)nc2c1)c1ccc(I)cc1. The van der Waals surface area contributed by atoms with Crippen molar-refractivity contribution in [2.24, 2.45) is 0 Å². The number of aromatic nitrogens is 1. The number of rotatable bonds is 3. The van der Waals surface area contributed by atoms with E-state index in [-0.39, 0.29) is 5.91 Å². The van der Waals surface area contributed by atoms with Gasteiger partial charge in [0.05, 0.1) is 0 Å². The van der Waals surface area contributed by atoms with Gasteiger partial charge in [0.2, 0.25) is 5.89 Å². The Hall–Kier alpha value is -2.90. The molecule has 30 heavy (non-hydrogen) atoms. The molecule has 1 amide bonds. The van der Waals surface area contributed by atoms with Crippen LogP contribution in [0.1, 0.15) is 10.4 Å². The summed E-state index contributed by atoms with van der Waals surface area (Å²) >= 11 is 8.54. The van der Waals surface area contributed by atoms with Gasteiger partial charge in [0.1, 0.15) is 5.52 Å². The van der Waals surface area contributed by atoms with Crippen molar-refractivity contribution in [1.82, 2.24) is 4.98 Å². The molecule has 5 aromatic rings. The lowest BCUT2D eigenvalue weighted by Gasteiger charge is -2.05. The lowest BCUT2D eigenvalue weighted by atomic mass is 10.0. The lowest BCUT2D eigenvalue weighted by molar-refractivity contribution is 0.102. The van der Waals surface area contributed by atoms with Gasteiger partial charge < -0.3 is 9.73 Å². The molecule has 0 fully saturated rings. The Morgan fingerprint density at radius 1 is 0.933 bits per heavy atom. The fourth-order valence-corrected chi connectivity index (χ4v) is 3.98. The summed E-state index contributed by atoms with van der Waals surface area (Å²) in [6.45, 7) is 0. The van der Waals surface area contributed by atoms with Crippen LogP contribution in [0.3, 0.4) is 0 Å². The van der Waals surface area contributed by atoms with Crippen LogP contribution in [0.2, 0.25) is 5.02 Å². The highest BCUT2D eigenvalue weighted by molar-refractivity contribution is 14.1. The molecule has 0 saturated carbocycles. The maximum atomic E-state index is 12.5. The van der Waals surface area contributed by atoms with Gasteiger partial charge in [-0.2, -0.15) is 0 Å². The third kappa shape index (κ3) is 3.55. The van der Waals surface area contributed by atoms with Gasteiger partial charge in [-0.1, -0.05) is 35.9 Å². The first kappa shape index (κ1) is 19.1. The highest BCUT2D eigenvalue weighted by Gasteiger charge is 2.13.